The number of unbranched alkanes of at least 4 members (excludes halogenated alkanes) is 29. The Kier molecular flexibility index (Phi) is 52.5. The molecule has 0 aliphatic rings. The zero-order chi connectivity index (χ0) is 59.4. The van der Waals surface area contributed by atoms with Gasteiger partial charge in [-0.1, -0.05) is 247 Å². The Morgan fingerprint density at radius 2 is 0.637 bits per heavy atom. The molecule has 0 aromatic heterocycles. The van der Waals surface area contributed by atoms with E-state index in [1.54, 1.807) is 0 Å². The summed E-state index contributed by atoms with van der Waals surface area (Å²) in [5, 5.41) is 10.5. The lowest BCUT2D eigenvalue weighted by atomic mass is 10.00. The van der Waals surface area contributed by atoms with Crippen LogP contribution in [-0.4, -0.2) is 96.7 Å². The first kappa shape index (κ1) is 78.1. The molecule has 0 aromatic rings. The van der Waals surface area contributed by atoms with E-state index in [9.17, 15) is 43.2 Å². The van der Waals surface area contributed by atoms with Crippen molar-refractivity contribution < 1.29 is 80.2 Å². The van der Waals surface area contributed by atoms with Gasteiger partial charge in [0.15, 0.2) is 12.2 Å². The Balaban J connectivity index is 5.19. The van der Waals surface area contributed by atoms with Gasteiger partial charge >= 0.3 is 39.5 Å². The highest BCUT2D eigenvalue weighted by molar-refractivity contribution is 7.47. The average Bonchev–Trinajstić information content (AvgIpc) is 3.42. The summed E-state index contributed by atoms with van der Waals surface area (Å²) in [4.78, 5) is 71.8. The average molecular weight is 1190 g/mol. The zero-order valence-corrected chi connectivity index (χ0v) is 53.2. The molecule has 3 N–H and O–H groups in total. The molecule has 17 nitrogen and oxygen atoms in total. The van der Waals surface area contributed by atoms with Crippen molar-refractivity contribution >= 4 is 39.5 Å². The Hall–Kier alpha value is -1.94. The molecule has 0 saturated heterocycles. The van der Waals surface area contributed by atoms with E-state index >= 15 is 0 Å². The van der Waals surface area contributed by atoms with E-state index in [0.29, 0.717) is 25.7 Å². The van der Waals surface area contributed by atoms with Crippen LogP contribution in [-0.2, 0) is 65.4 Å². The smallest absolute Gasteiger partial charge is 0.462 e. The molecule has 0 radical (unpaired) electrons. The minimum Gasteiger partial charge on any atom is -0.462 e. The molecule has 6 atom stereocenters. The van der Waals surface area contributed by atoms with Crippen LogP contribution in [0.3, 0.4) is 0 Å². The Labute approximate surface area is 486 Å². The van der Waals surface area contributed by atoms with E-state index in [-0.39, 0.29) is 25.7 Å². The SMILES string of the molecule is CCCCCCCCCCCCCCCC(=O)O[C@H](COC(=O)CCCCCCCCCCCC(C)C)COP(=O)(O)OC[C@@H](O)COP(=O)(O)OC[C@@H](COC(=O)CCCCCCC)OC(=O)CCCCCCCCC(C)CC. The quantitative estimate of drug-likeness (QED) is 0.0222. The van der Waals surface area contributed by atoms with Crippen molar-refractivity contribution in [3.63, 3.8) is 0 Å². The first-order chi connectivity index (χ1) is 38.4. The maximum Gasteiger partial charge on any atom is 0.472 e. The molecule has 474 valence electrons. The van der Waals surface area contributed by atoms with Crippen molar-refractivity contribution in [2.75, 3.05) is 39.6 Å². The fraction of sp³-hybridized carbons (Fsp3) is 0.934. The molecule has 0 spiro atoms. The Morgan fingerprint density at radius 3 is 0.950 bits per heavy atom. The summed E-state index contributed by atoms with van der Waals surface area (Å²) in [5.41, 5.74) is 0. The summed E-state index contributed by atoms with van der Waals surface area (Å²) in [7, 11) is -9.87. The molecule has 0 saturated carbocycles. The van der Waals surface area contributed by atoms with Crippen molar-refractivity contribution in [2.24, 2.45) is 11.8 Å². The third kappa shape index (κ3) is 54.0. The third-order valence-electron chi connectivity index (χ3n) is 14.3. The van der Waals surface area contributed by atoms with Crippen molar-refractivity contribution in [2.45, 2.75) is 317 Å². The highest BCUT2D eigenvalue weighted by Gasteiger charge is 2.30. The molecule has 0 aromatic carbocycles. The van der Waals surface area contributed by atoms with E-state index in [1.807, 2.05) is 0 Å². The number of phosphoric ester groups is 2. The Morgan fingerprint density at radius 1 is 0.362 bits per heavy atom. The number of carbonyl (C=O) groups excluding carboxylic acids is 4. The first-order valence-electron chi connectivity index (χ1n) is 32.0. The van der Waals surface area contributed by atoms with Crippen molar-refractivity contribution in [3.05, 3.63) is 0 Å². The fourth-order valence-electron chi connectivity index (χ4n) is 8.97. The summed E-state index contributed by atoms with van der Waals surface area (Å²) in [6.45, 7) is 9.32. The van der Waals surface area contributed by atoms with Crippen LogP contribution in [0.25, 0.3) is 0 Å². The van der Waals surface area contributed by atoms with E-state index in [0.717, 1.165) is 108 Å². The lowest BCUT2D eigenvalue weighted by Crippen LogP contribution is -2.30. The summed E-state index contributed by atoms with van der Waals surface area (Å²) in [5.74, 6) is -0.685. The van der Waals surface area contributed by atoms with Crippen molar-refractivity contribution in [1.29, 1.82) is 0 Å². The topological polar surface area (TPSA) is 237 Å². The molecule has 80 heavy (non-hydrogen) atoms. The number of phosphoric acid groups is 2. The van der Waals surface area contributed by atoms with Crippen LogP contribution in [0.2, 0.25) is 0 Å². The van der Waals surface area contributed by atoms with Crippen molar-refractivity contribution in [3.8, 4) is 0 Å². The monoisotopic (exact) mass is 1180 g/mol. The van der Waals surface area contributed by atoms with Gasteiger partial charge in [-0.3, -0.25) is 37.3 Å². The minimum atomic E-state index is -4.94. The molecular weight excluding hydrogens is 1070 g/mol. The molecule has 3 unspecified atom stereocenters. The summed E-state index contributed by atoms with van der Waals surface area (Å²) in [6, 6.07) is 0. The van der Waals surface area contributed by atoms with Crippen LogP contribution in [0.5, 0.6) is 0 Å². The highest BCUT2D eigenvalue weighted by atomic mass is 31.2. The van der Waals surface area contributed by atoms with Gasteiger partial charge in [0, 0.05) is 25.7 Å². The second-order valence-corrected chi connectivity index (χ2v) is 25.7. The molecule has 0 amide bonds. The third-order valence-corrected chi connectivity index (χ3v) is 16.2. The lowest BCUT2D eigenvalue weighted by molar-refractivity contribution is -0.161. The standard InChI is InChI=1S/C61H118O17P2/c1-7-10-12-14-15-16-17-18-19-22-26-33-39-45-60(65)77-57(50-72-59(64)44-38-32-25-23-20-21-24-30-35-41-53(4)5)52-76-80(69,70)74-48-55(62)47-73-79(67,68)75-51-56(49-71-58(63)43-37-29-13-11-8-2)78-61(66)46-40-34-28-27-31-36-42-54(6)9-3/h53-57,62H,7-52H2,1-6H3,(H,67,68)(H,69,70)/t54?,55-,56+,57+/m0/s1. The maximum absolute atomic E-state index is 12.9. The largest absolute Gasteiger partial charge is 0.472 e. The normalized spacial score (nSPS) is 14.7. The van der Waals surface area contributed by atoms with Crippen LogP contribution < -0.4 is 0 Å². The summed E-state index contributed by atoms with van der Waals surface area (Å²) < 4.78 is 67.7. The zero-order valence-electron chi connectivity index (χ0n) is 51.4. The van der Waals surface area contributed by atoms with Crippen LogP contribution >= 0.6 is 15.6 Å². The van der Waals surface area contributed by atoms with Crippen molar-refractivity contribution in [1.82, 2.24) is 0 Å². The fourth-order valence-corrected chi connectivity index (χ4v) is 10.5. The van der Waals surface area contributed by atoms with Crippen LogP contribution in [0, 0.1) is 11.8 Å². The molecule has 0 aliphatic carbocycles. The van der Waals surface area contributed by atoms with Crippen LogP contribution in [0.4, 0.5) is 0 Å². The number of aliphatic hydroxyl groups excluding tert-OH is 1. The van der Waals surface area contributed by atoms with Gasteiger partial charge in [0.05, 0.1) is 26.4 Å². The molecule has 0 rings (SSSR count). The number of rotatable bonds is 60. The summed E-state index contributed by atoms with van der Waals surface area (Å²) in [6.07, 6.45) is 35.2. The predicted octanol–water partition coefficient (Wildman–Crippen LogP) is 16.5. The van der Waals surface area contributed by atoms with Gasteiger partial charge in [-0.2, -0.15) is 0 Å². The van der Waals surface area contributed by atoms with Gasteiger partial charge in [-0.05, 0) is 37.5 Å². The number of aliphatic hydroxyl groups is 1. The lowest BCUT2D eigenvalue weighted by Gasteiger charge is -2.21. The van der Waals surface area contributed by atoms with Gasteiger partial charge in [0.25, 0.3) is 0 Å². The molecule has 19 heteroatoms. The molecule has 0 aliphatic heterocycles. The predicted molar refractivity (Wildman–Crippen MR) is 317 cm³/mol. The number of hydrogen-bond acceptors (Lipinski definition) is 15. The number of hydrogen-bond donors (Lipinski definition) is 3. The summed E-state index contributed by atoms with van der Waals surface area (Å²) >= 11 is 0. The van der Waals surface area contributed by atoms with Gasteiger partial charge < -0.3 is 33.8 Å². The van der Waals surface area contributed by atoms with E-state index in [2.05, 4.69) is 41.5 Å². The maximum atomic E-state index is 12.9. The van der Waals surface area contributed by atoms with Gasteiger partial charge in [-0.25, -0.2) is 9.13 Å². The minimum absolute atomic E-state index is 0.102. The van der Waals surface area contributed by atoms with Gasteiger partial charge in [0.2, 0.25) is 0 Å². The first-order valence-corrected chi connectivity index (χ1v) is 35.0. The van der Waals surface area contributed by atoms with Crippen LogP contribution in [0.1, 0.15) is 298 Å². The second-order valence-electron chi connectivity index (χ2n) is 22.8. The second kappa shape index (κ2) is 53.8. The number of esters is 4. The Bertz CT molecular complexity index is 1580. The van der Waals surface area contributed by atoms with E-state index in [1.165, 1.54) is 109 Å². The molecule has 0 bridgehead atoms. The van der Waals surface area contributed by atoms with Gasteiger partial charge in [0.1, 0.15) is 19.3 Å². The van der Waals surface area contributed by atoms with Crippen LogP contribution in [0.15, 0.2) is 0 Å². The molecule has 0 heterocycles. The van der Waals surface area contributed by atoms with E-state index < -0.39 is 97.5 Å². The number of ether oxygens (including phenoxy) is 4. The van der Waals surface area contributed by atoms with Gasteiger partial charge in [-0.15, -0.1) is 0 Å². The molecular formula is C61H118O17P2. The highest BCUT2D eigenvalue weighted by Crippen LogP contribution is 2.45. The molecule has 0 fully saturated rings. The number of carbonyl (C=O) groups is 4. The van der Waals surface area contributed by atoms with E-state index in [4.69, 9.17) is 37.0 Å².